The van der Waals surface area contributed by atoms with Crippen molar-refractivity contribution in [2.45, 2.75) is 6.54 Å². The van der Waals surface area contributed by atoms with E-state index in [0.717, 1.165) is 0 Å². The van der Waals surface area contributed by atoms with Crippen LogP contribution >= 0.6 is 0 Å². The molecule has 0 unspecified atom stereocenters. The van der Waals surface area contributed by atoms with Gasteiger partial charge in [-0.1, -0.05) is 6.08 Å². The maximum atomic E-state index is 10.5. The molecule has 0 aliphatic rings. The second kappa shape index (κ2) is 3.08. The summed E-state index contributed by atoms with van der Waals surface area (Å²) < 4.78 is 1.37. The van der Waals surface area contributed by atoms with E-state index in [0.29, 0.717) is 6.54 Å². The van der Waals surface area contributed by atoms with Gasteiger partial charge in [0.05, 0.1) is 12.7 Å². The van der Waals surface area contributed by atoms with E-state index < -0.39 is 5.97 Å². The number of carboxylic acids is 1. The van der Waals surface area contributed by atoms with Crippen molar-refractivity contribution in [3.8, 4) is 0 Å². The van der Waals surface area contributed by atoms with Gasteiger partial charge in [-0.05, 0) is 0 Å². The van der Waals surface area contributed by atoms with E-state index in [-0.39, 0.29) is 11.4 Å². The average molecular weight is 167 g/mol. The van der Waals surface area contributed by atoms with E-state index in [1.165, 1.54) is 10.9 Å². The van der Waals surface area contributed by atoms with Gasteiger partial charge < -0.3 is 10.8 Å². The molecule has 0 amide bonds. The molecule has 1 heterocycles. The highest BCUT2D eigenvalue weighted by molar-refractivity contribution is 5.92. The molecule has 64 valence electrons. The number of allylic oxidation sites excluding steroid dienone is 1. The number of aromatic nitrogens is 2. The van der Waals surface area contributed by atoms with Crippen LogP contribution in [0.5, 0.6) is 0 Å². The second-order valence-corrected chi connectivity index (χ2v) is 2.22. The van der Waals surface area contributed by atoms with Gasteiger partial charge in [0.1, 0.15) is 11.4 Å². The van der Waals surface area contributed by atoms with E-state index in [2.05, 4.69) is 11.7 Å². The number of aromatic carboxylic acids is 1. The van der Waals surface area contributed by atoms with Gasteiger partial charge >= 0.3 is 5.97 Å². The normalized spacial score (nSPS) is 9.67. The van der Waals surface area contributed by atoms with Crippen LogP contribution in [0.3, 0.4) is 0 Å². The fourth-order valence-corrected chi connectivity index (χ4v) is 0.827. The highest BCUT2D eigenvalue weighted by atomic mass is 16.4. The van der Waals surface area contributed by atoms with Crippen LogP contribution in [0.4, 0.5) is 5.82 Å². The van der Waals surface area contributed by atoms with Gasteiger partial charge in [0, 0.05) is 0 Å². The highest BCUT2D eigenvalue weighted by Crippen LogP contribution is 2.09. The Labute approximate surface area is 69.1 Å². The zero-order valence-corrected chi connectivity index (χ0v) is 6.40. The van der Waals surface area contributed by atoms with Crippen molar-refractivity contribution in [1.29, 1.82) is 0 Å². The molecule has 1 rings (SSSR count). The minimum absolute atomic E-state index is 0.0249. The SMILES string of the molecule is C=CCn1ncc(C(=O)O)c1N. The van der Waals surface area contributed by atoms with E-state index in [4.69, 9.17) is 10.8 Å². The molecule has 0 bridgehead atoms. The molecular formula is C7H9N3O2. The van der Waals surface area contributed by atoms with Crippen LogP contribution < -0.4 is 5.73 Å². The van der Waals surface area contributed by atoms with Crippen molar-refractivity contribution in [3.63, 3.8) is 0 Å². The molecule has 0 radical (unpaired) electrons. The Morgan fingerprint density at radius 1 is 1.92 bits per heavy atom. The first kappa shape index (κ1) is 8.32. The number of rotatable bonds is 3. The molecule has 0 aromatic carbocycles. The number of nitrogens with two attached hydrogens (primary N) is 1. The largest absolute Gasteiger partial charge is 0.477 e. The Bertz CT molecular complexity index is 316. The average Bonchev–Trinajstić information content (AvgIpc) is 2.34. The lowest BCUT2D eigenvalue weighted by atomic mass is 10.3. The predicted octanol–water partition coefficient (Wildman–Crippen LogP) is 0.349. The Morgan fingerprint density at radius 2 is 2.58 bits per heavy atom. The third kappa shape index (κ3) is 1.29. The minimum atomic E-state index is -1.07. The van der Waals surface area contributed by atoms with Crippen LogP contribution in [0.2, 0.25) is 0 Å². The summed E-state index contributed by atoms with van der Waals surface area (Å²) in [5.41, 5.74) is 5.49. The standard InChI is InChI=1S/C7H9N3O2/c1-2-3-10-6(8)5(4-9-10)7(11)12/h2,4H,1,3,8H2,(H,11,12). The number of nitrogens with zero attached hydrogens (tertiary/aromatic N) is 2. The van der Waals surface area contributed by atoms with E-state index in [1.807, 2.05) is 0 Å². The molecule has 0 saturated heterocycles. The maximum absolute atomic E-state index is 10.5. The lowest BCUT2D eigenvalue weighted by Gasteiger charge is -1.98. The summed E-state index contributed by atoms with van der Waals surface area (Å²) in [5, 5.41) is 12.4. The number of hydrogen-bond donors (Lipinski definition) is 2. The predicted molar refractivity (Wildman–Crippen MR) is 43.8 cm³/mol. The van der Waals surface area contributed by atoms with Crippen LogP contribution in [0, 0.1) is 0 Å². The zero-order chi connectivity index (χ0) is 9.14. The molecule has 3 N–H and O–H groups in total. The molecule has 1 aromatic rings. The minimum Gasteiger partial charge on any atom is -0.477 e. The van der Waals surface area contributed by atoms with Gasteiger partial charge in [-0.3, -0.25) is 0 Å². The van der Waals surface area contributed by atoms with Gasteiger partial charge in [0.15, 0.2) is 0 Å². The summed E-state index contributed by atoms with van der Waals surface area (Å²) in [6.07, 6.45) is 2.82. The van der Waals surface area contributed by atoms with E-state index in [1.54, 1.807) is 6.08 Å². The fourth-order valence-electron chi connectivity index (χ4n) is 0.827. The molecule has 5 nitrogen and oxygen atoms in total. The van der Waals surface area contributed by atoms with Crippen molar-refractivity contribution < 1.29 is 9.90 Å². The number of anilines is 1. The fraction of sp³-hybridized carbons (Fsp3) is 0.143. The Morgan fingerprint density at radius 3 is 3.00 bits per heavy atom. The zero-order valence-electron chi connectivity index (χ0n) is 6.40. The maximum Gasteiger partial charge on any atom is 0.341 e. The third-order valence-corrected chi connectivity index (χ3v) is 1.41. The van der Waals surface area contributed by atoms with Gasteiger partial charge in [0.25, 0.3) is 0 Å². The molecule has 12 heavy (non-hydrogen) atoms. The first-order valence-electron chi connectivity index (χ1n) is 3.32. The van der Waals surface area contributed by atoms with Crippen LogP contribution in [0.25, 0.3) is 0 Å². The molecular weight excluding hydrogens is 158 g/mol. The quantitative estimate of drug-likeness (QED) is 0.636. The summed E-state index contributed by atoms with van der Waals surface area (Å²) in [6.45, 7) is 3.90. The van der Waals surface area contributed by atoms with Crippen molar-refractivity contribution in [3.05, 3.63) is 24.4 Å². The van der Waals surface area contributed by atoms with Gasteiger partial charge in [-0.15, -0.1) is 6.58 Å². The molecule has 0 aliphatic heterocycles. The van der Waals surface area contributed by atoms with Gasteiger partial charge in [0.2, 0.25) is 0 Å². The number of carboxylic acid groups (broad SMARTS) is 1. The molecule has 0 saturated carbocycles. The summed E-state index contributed by atoms with van der Waals surface area (Å²) in [4.78, 5) is 10.5. The second-order valence-electron chi connectivity index (χ2n) is 2.22. The van der Waals surface area contributed by atoms with E-state index >= 15 is 0 Å². The number of nitrogen functional groups attached to an aromatic ring is 1. The number of carbonyl (C=O) groups is 1. The first-order valence-corrected chi connectivity index (χ1v) is 3.32. The monoisotopic (exact) mass is 167 g/mol. The van der Waals surface area contributed by atoms with Crippen LogP contribution in [-0.2, 0) is 6.54 Å². The molecule has 5 heteroatoms. The van der Waals surface area contributed by atoms with Crippen LogP contribution in [-0.4, -0.2) is 20.9 Å². The third-order valence-electron chi connectivity index (χ3n) is 1.41. The smallest absolute Gasteiger partial charge is 0.341 e. The molecule has 0 aliphatic carbocycles. The lowest BCUT2D eigenvalue weighted by molar-refractivity contribution is 0.0698. The Balaban J connectivity index is 3.03. The van der Waals surface area contributed by atoms with E-state index in [9.17, 15) is 4.79 Å². The topological polar surface area (TPSA) is 81.1 Å². The molecule has 0 atom stereocenters. The summed E-state index contributed by atoms with van der Waals surface area (Å²) >= 11 is 0. The first-order chi connectivity index (χ1) is 5.66. The van der Waals surface area contributed by atoms with Crippen molar-refractivity contribution in [1.82, 2.24) is 9.78 Å². The molecule has 0 fully saturated rings. The lowest BCUT2D eigenvalue weighted by Crippen LogP contribution is -2.06. The van der Waals surface area contributed by atoms with Gasteiger partial charge in [-0.25, -0.2) is 9.48 Å². The molecule has 1 aromatic heterocycles. The Kier molecular flexibility index (Phi) is 2.14. The van der Waals surface area contributed by atoms with Gasteiger partial charge in [-0.2, -0.15) is 5.10 Å². The van der Waals surface area contributed by atoms with Crippen molar-refractivity contribution in [2.75, 3.05) is 5.73 Å². The van der Waals surface area contributed by atoms with Crippen LogP contribution in [0.15, 0.2) is 18.9 Å². The molecule has 0 spiro atoms. The summed E-state index contributed by atoms with van der Waals surface area (Å²) in [7, 11) is 0. The highest BCUT2D eigenvalue weighted by Gasteiger charge is 2.12. The van der Waals surface area contributed by atoms with Crippen molar-refractivity contribution in [2.24, 2.45) is 0 Å². The summed E-state index contributed by atoms with van der Waals surface area (Å²) in [5.74, 6) is -0.912. The van der Waals surface area contributed by atoms with Crippen molar-refractivity contribution >= 4 is 11.8 Å². The Hall–Kier alpha value is -1.78. The summed E-state index contributed by atoms with van der Waals surface area (Å²) in [6, 6.07) is 0. The van der Waals surface area contributed by atoms with Crippen LogP contribution in [0.1, 0.15) is 10.4 Å². The number of hydrogen-bond acceptors (Lipinski definition) is 3.